The van der Waals surface area contributed by atoms with Gasteiger partial charge in [-0.15, -0.1) is 5.10 Å². The third-order valence-corrected chi connectivity index (χ3v) is 1.71. The van der Waals surface area contributed by atoms with Crippen LogP contribution < -0.4 is 0 Å². The van der Waals surface area contributed by atoms with Crippen molar-refractivity contribution in [3.63, 3.8) is 0 Å². The van der Waals surface area contributed by atoms with E-state index in [4.69, 9.17) is 0 Å². The van der Waals surface area contributed by atoms with E-state index < -0.39 is 6.23 Å². The highest BCUT2D eigenvalue weighted by atomic mass is 16.3. The molecule has 1 N–H and O–H groups in total. The molecular weight excluding hydrogens is 156 g/mol. The molecule has 0 fully saturated rings. The summed E-state index contributed by atoms with van der Waals surface area (Å²) in [7, 11) is 0. The number of tetrazole rings is 1. The van der Waals surface area contributed by atoms with Crippen LogP contribution in [0.15, 0.2) is 0 Å². The van der Waals surface area contributed by atoms with Gasteiger partial charge in [-0.2, -0.15) is 0 Å². The van der Waals surface area contributed by atoms with Gasteiger partial charge in [-0.25, -0.2) is 4.68 Å². The van der Waals surface area contributed by atoms with Gasteiger partial charge in [-0.3, -0.25) is 0 Å². The van der Waals surface area contributed by atoms with Crippen LogP contribution in [0.3, 0.4) is 0 Å². The molecule has 0 aliphatic carbocycles. The van der Waals surface area contributed by atoms with E-state index in [1.807, 2.05) is 13.8 Å². The standard InChI is InChI=1S/C7H14N4O/c1-3-5-7(12)11-6(4-2)8-9-10-11/h7,12H,3-5H2,1-2H3. The number of rotatable bonds is 4. The highest BCUT2D eigenvalue weighted by Gasteiger charge is 2.11. The predicted molar refractivity (Wildman–Crippen MR) is 43.4 cm³/mol. The summed E-state index contributed by atoms with van der Waals surface area (Å²) in [5, 5.41) is 20.5. The average Bonchev–Trinajstić information content (AvgIpc) is 2.51. The van der Waals surface area contributed by atoms with E-state index >= 15 is 0 Å². The Morgan fingerprint density at radius 2 is 2.25 bits per heavy atom. The number of aliphatic hydroxyl groups is 1. The third-order valence-electron chi connectivity index (χ3n) is 1.71. The molecule has 0 saturated carbocycles. The van der Waals surface area contributed by atoms with Gasteiger partial charge in [-0.1, -0.05) is 20.3 Å². The molecule has 0 radical (unpaired) electrons. The zero-order valence-electron chi connectivity index (χ0n) is 7.43. The van der Waals surface area contributed by atoms with Crippen LogP contribution in [0.5, 0.6) is 0 Å². The number of hydrogen-bond donors (Lipinski definition) is 1. The van der Waals surface area contributed by atoms with E-state index in [0.717, 1.165) is 18.7 Å². The lowest BCUT2D eigenvalue weighted by molar-refractivity contribution is 0.0757. The second-order valence-electron chi connectivity index (χ2n) is 2.66. The molecule has 0 saturated heterocycles. The smallest absolute Gasteiger partial charge is 0.154 e. The molecule has 1 heterocycles. The van der Waals surface area contributed by atoms with E-state index in [2.05, 4.69) is 15.5 Å². The number of aliphatic hydroxyl groups excluding tert-OH is 1. The molecule has 1 aromatic heterocycles. The number of hydrogen-bond acceptors (Lipinski definition) is 4. The normalized spacial score (nSPS) is 13.2. The van der Waals surface area contributed by atoms with Crippen molar-refractivity contribution in [2.45, 2.75) is 39.3 Å². The molecule has 5 nitrogen and oxygen atoms in total. The Labute approximate surface area is 71.4 Å². The van der Waals surface area contributed by atoms with Crippen molar-refractivity contribution in [2.24, 2.45) is 0 Å². The molecule has 0 aliphatic heterocycles. The van der Waals surface area contributed by atoms with E-state index in [0.29, 0.717) is 6.42 Å². The first-order valence-corrected chi connectivity index (χ1v) is 4.24. The number of nitrogens with zero attached hydrogens (tertiary/aromatic N) is 4. The van der Waals surface area contributed by atoms with Gasteiger partial charge in [0.25, 0.3) is 0 Å². The van der Waals surface area contributed by atoms with Crippen molar-refractivity contribution >= 4 is 0 Å². The summed E-state index contributed by atoms with van der Waals surface area (Å²) < 4.78 is 1.48. The summed E-state index contributed by atoms with van der Waals surface area (Å²) in [6.45, 7) is 3.97. The van der Waals surface area contributed by atoms with Crippen molar-refractivity contribution in [1.29, 1.82) is 0 Å². The molecule has 5 heteroatoms. The Hall–Kier alpha value is -0.970. The minimum atomic E-state index is -0.569. The molecule has 0 bridgehead atoms. The van der Waals surface area contributed by atoms with Gasteiger partial charge in [0.2, 0.25) is 0 Å². The lowest BCUT2D eigenvalue weighted by Gasteiger charge is -2.09. The minimum Gasteiger partial charge on any atom is -0.372 e. The largest absolute Gasteiger partial charge is 0.372 e. The summed E-state index contributed by atoms with van der Waals surface area (Å²) in [6, 6.07) is 0. The highest BCUT2D eigenvalue weighted by molar-refractivity contribution is 4.80. The maximum atomic E-state index is 9.54. The van der Waals surface area contributed by atoms with Crippen LogP contribution in [-0.4, -0.2) is 25.3 Å². The van der Waals surface area contributed by atoms with Crippen molar-refractivity contribution in [1.82, 2.24) is 20.2 Å². The first-order chi connectivity index (χ1) is 5.79. The highest BCUT2D eigenvalue weighted by Crippen LogP contribution is 2.09. The topological polar surface area (TPSA) is 63.8 Å². The van der Waals surface area contributed by atoms with Crippen molar-refractivity contribution < 1.29 is 5.11 Å². The second-order valence-corrected chi connectivity index (χ2v) is 2.66. The lowest BCUT2D eigenvalue weighted by atomic mass is 10.3. The Morgan fingerprint density at radius 3 is 2.83 bits per heavy atom. The lowest BCUT2D eigenvalue weighted by Crippen LogP contribution is -2.12. The molecule has 1 atom stereocenters. The maximum absolute atomic E-state index is 9.54. The van der Waals surface area contributed by atoms with Crippen LogP contribution in [0.25, 0.3) is 0 Å². The first-order valence-electron chi connectivity index (χ1n) is 4.24. The van der Waals surface area contributed by atoms with Gasteiger partial charge in [-0.05, 0) is 16.8 Å². The van der Waals surface area contributed by atoms with Gasteiger partial charge < -0.3 is 5.11 Å². The molecule has 1 unspecified atom stereocenters. The van der Waals surface area contributed by atoms with E-state index in [9.17, 15) is 5.11 Å². The van der Waals surface area contributed by atoms with Gasteiger partial charge in [0.1, 0.15) is 0 Å². The van der Waals surface area contributed by atoms with Gasteiger partial charge in [0, 0.05) is 6.42 Å². The molecule has 0 spiro atoms. The third kappa shape index (κ3) is 1.79. The number of aromatic nitrogens is 4. The van der Waals surface area contributed by atoms with Crippen LogP contribution in [0.2, 0.25) is 0 Å². The number of aryl methyl sites for hydroxylation is 1. The second kappa shape index (κ2) is 4.15. The Bertz CT molecular complexity index is 235. The van der Waals surface area contributed by atoms with Crippen LogP contribution in [0.1, 0.15) is 38.7 Å². The molecule has 0 amide bonds. The molecule has 12 heavy (non-hydrogen) atoms. The van der Waals surface area contributed by atoms with E-state index in [1.165, 1.54) is 4.68 Å². The van der Waals surface area contributed by atoms with Crippen LogP contribution >= 0.6 is 0 Å². The minimum absolute atomic E-state index is 0.569. The van der Waals surface area contributed by atoms with Crippen molar-refractivity contribution in [2.75, 3.05) is 0 Å². The Kier molecular flexibility index (Phi) is 3.16. The summed E-state index contributed by atoms with van der Waals surface area (Å²) in [4.78, 5) is 0. The van der Waals surface area contributed by atoms with Crippen LogP contribution in [-0.2, 0) is 6.42 Å². The summed E-state index contributed by atoms with van der Waals surface area (Å²) >= 11 is 0. The fourth-order valence-electron chi connectivity index (χ4n) is 1.06. The quantitative estimate of drug-likeness (QED) is 0.715. The molecular formula is C7H14N4O. The zero-order valence-corrected chi connectivity index (χ0v) is 7.43. The molecule has 68 valence electrons. The zero-order chi connectivity index (χ0) is 8.97. The van der Waals surface area contributed by atoms with Gasteiger partial charge in [0.15, 0.2) is 12.1 Å². The Balaban J connectivity index is 2.71. The summed E-state index contributed by atoms with van der Waals surface area (Å²) in [6.07, 6.45) is 1.79. The predicted octanol–water partition coefficient (Wildman–Crippen LogP) is 0.526. The van der Waals surface area contributed by atoms with Crippen LogP contribution in [0, 0.1) is 0 Å². The van der Waals surface area contributed by atoms with E-state index in [1.54, 1.807) is 0 Å². The molecule has 0 aromatic carbocycles. The van der Waals surface area contributed by atoms with E-state index in [-0.39, 0.29) is 0 Å². The molecule has 0 aliphatic rings. The first kappa shape index (κ1) is 9.12. The fourth-order valence-corrected chi connectivity index (χ4v) is 1.06. The molecule has 1 rings (SSSR count). The summed E-state index contributed by atoms with van der Waals surface area (Å²) in [5.41, 5.74) is 0. The average molecular weight is 170 g/mol. The maximum Gasteiger partial charge on any atom is 0.154 e. The monoisotopic (exact) mass is 170 g/mol. The fraction of sp³-hybridized carbons (Fsp3) is 0.857. The van der Waals surface area contributed by atoms with Gasteiger partial charge in [0.05, 0.1) is 0 Å². The molecule has 1 aromatic rings. The van der Waals surface area contributed by atoms with Crippen LogP contribution in [0.4, 0.5) is 0 Å². The van der Waals surface area contributed by atoms with Crippen molar-refractivity contribution in [3.05, 3.63) is 5.82 Å². The van der Waals surface area contributed by atoms with Crippen molar-refractivity contribution in [3.8, 4) is 0 Å². The SMILES string of the molecule is CCCC(O)n1nnnc1CC. The van der Waals surface area contributed by atoms with Gasteiger partial charge >= 0.3 is 0 Å². The Morgan fingerprint density at radius 1 is 1.50 bits per heavy atom. The summed E-state index contributed by atoms with van der Waals surface area (Å²) in [5.74, 6) is 0.732.